The molecule has 1 nitrogen and oxygen atoms in total. The molecule has 2 rings (SSSR count). The van der Waals surface area contributed by atoms with Crippen LogP contribution in [0.3, 0.4) is 0 Å². The first kappa shape index (κ1) is 15.1. The van der Waals surface area contributed by atoms with Crippen molar-refractivity contribution in [3.05, 3.63) is 59.1 Å². The molecular formula is C18H22ClN. The van der Waals surface area contributed by atoms with Crippen LogP contribution in [0.5, 0.6) is 0 Å². The van der Waals surface area contributed by atoms with Crippen molar-refractivity contribution in [3.8, 4) is 11.1 Å². The number of hydrogen-bond acceptors (Lipinski definition) is 1. The van der Waals surface area contributed by atoms with E-state index < -0.39 is 0 Å². The fourth-order valence-corrected chi connectivity index (χ4v) is 2.68. The molecule has 0 saturated carbocycles. The zero-order valence-electron chi connectivity index (χ0n) is 12.1. The Morgan fingerprint density at radius 1 is 1.00 bits per heavy atom. The van der Waals surface area contributed by atoms with Gasteiger partial charge in [0.1, 0.15) is 0 Å². The summed E-state index contributed by atoms with van der Waals surface area (Å²) in [6, 6.07) is 16.8. The molecular weight excluding hydrogens is 266 g/mol. The summed E-state index contributed by atoms with van der Waals surface area (Å²) in [5.74, 6) is 0.649. The van der Waals surface area contributed by atoms with Gasteiger partial charge in [0.15, 0.2) is 0 Å². The van der Waals surface area contributed by atoms with Gasteiger partial charge in [0, 0.05) is 11.1 Å². The first-order valence-electron chi connectivity index (χ1n) is 7.15. The summed E-state index contributed by atoms with van der Waals surface area (Å²) in [5, 5.41) is 0.769. The molecule has 0 aliphatic carbocycles. The van der Waals surface area contributed by atoms with Crippen LogP contribution in [0, 0.1) is 5.92 Å². The fourth-order valence-electron chi connectivity index (χ4n) is 2.49. The highest BCUT2D eigenvalue weighted by atomic mass is 35.5. The normalized spacial score (nSPS) is 12.7. The third kappa shape index (κ3) is 4.36. The lowest BCUT2D eigenvalue weighted by Crippen LogP contribution is -2.24. The van der Waals surface area contributed by atoms with E-state index in [2.05, 4.69) is 44.2 Å². The Kier molecular flexibility index (Phi) is 5.22. The van der Waals surface area contributed by atoms with Crippen LogP contribution in [0.4, 0.5) is 0 Å². The minimum Gasteiger partial charge on any atom is -0.327 e. The van der Waals surface area contributed by atoms with Crippen LogP contribution in [-0.4, -0.2) is 6.04 Å². The van der Waals surface area contributed by atoms with Crippen LogP contribution in [0.25, 0.3) is 11.1 Å². The Balaban J connectivity index is 2.06. The lowest BCUT2D eigenvalue weighted by atomic mass is 9.96. The highest BCUT2D eigenvalue weighted by Crippen LogP contribution is 2.23. The molecule has 0 saturated heterocycles. The molecule has 0 radical (unpaired) electrons. The summed E-state index contributed by atoms with van der Waals surface area (Å²) in [5.41, 5.74) is 9.79. The van der Waals surface area contributed by atoms with Crippen LogP contribution >= 0.6 is 11.6 Å². The van der Waals surface area contributed by atoms with Gasteiger partial charge in [-0.2, -0.15) is 0 Å². The van der Waals surface area contributed by atoms with E-state index in [1.165, 1.54) is 11.1 Å². The van der Waals surface area contributed by atoms with Gasteiger partial charge in [0.25, 0.3) is 0 Å². The van der Waals surface area contributed by atoms with Crippen LogP contribution in [0.15, 0.2) is 48.5 Å². The minimum atomic E-state index is 0.243. The van der Waals surface area contributed by atoms with E-state index in [4.69, 9.17) is 17.3 Å². The average molecular weight is 288 g/mol. The molecule has 0 fully saturated rings. The van der Waals surface area contributed by atoms with Crippen molar-refractivity contribution >= 4 is 11.6 Å². The molecule has 1 unspecified atom stereocenters. The van der Waals surface area contributed by atoms with Gasteiger partial charge in [-0.25, -0.2) is 0 Å². The van der Waals surface area contributed by atoms with Gasteiger partial charge < -0.3 is 5.73 Å². The van der Waals surface area contributed by atoms with Crippen LogP contribution in [0.1, 0.15) is 25.8 Å². The van der Waals surface area contributed by atoms with E-state index in [9.17, 15) is 0 Å². The molecule has 20 heavy (non-hydrogen) atoms. The Morgan fingerprint density at radius 3 is 2.30 bits per heavy atom. The van der Waals surface area contributed by atoms with Gasteiger partial charge in [-0.3, -0.25) is 0 Å². The van der Waals surface area contributed by atoms with E-state index in [0.29, 0.717) is 5.92 Å². The van der Waals surface area contributed by atoms with Crippen LogP contribution in [-0.2, 0) is 6.42 Å². The molecule has 2 N–H and O–H groups in total. The number of halogens is 1. The molecule has 2 aromatic rings. The van der Waals surface area contributed by atoms with Crippen LogP contribution < -0.4 is 5.73 Å². The predicted octanol–water partition coefficient (Wildman–Crippen LogP) is 4.92. The Bertz CT molecular complexity index is 546. The van der Waals surface area contributed by atoms with Gasteiger partial charge >= 0.3 is 0 Å². The molecule has 2 heteroatoms. The van der Waals surface area contributed by atoms with E-state index in [-0.39, 0.29) is 6.04 Å². The average Bonchev–Trinajstić information content (AvgIpc) is 2.38. The van der Waals surface area contributed by atoms with Gasteiger partial charge in [-0.05, 0) is 47.6 Å². The predicted molar refractivity (Wildman–Crippen MR) is 88.0 cm³/mol. The van der Waals surface area contributed by atoms with Crippen molar-refractivity contribution in [3.63, 3.8) is 0 Å². The standard InChI is InChI=1S/C18H22ClN/c1-13(2)10-18(20)11-14-6-8-15(9-7-14)16-4-3-5-17(19)12-16/h3-9,12-13,18H,10-11,20H2,1-2H3. The Morgan fingerprint density at radius 2 is 1.70 bits per heavy atom. The summed E-state index contributed by atoms with van der Waals surface area (Å²) >= 11 is 6.03. The summed E-state index contributed by atoms with van der Waals surface area (Å²) in [7, 11) is 0. The van der Waals surface area contributed by atoms with Crippen molar-refractivity contribution in [2.75, 3.05) is 0 Å². The quantitative estimate of drug-likeness (QED) is 0.829. The third-order valence-corrected chi connectivity index (χ3v) is 3.62. The molecule has 0 amide bonds. The fraction of sp³-hybridized carbons (Fsp3) is 0.333. The maximum Gasteiger partial charge on any atom is 0.0412 e. The summed E-state index contributed by atoms with van der Waals surface area (Å²) < 4.78 is 0. The minimum absolute atomic E-state index is 0.243. The highest BCUT2D eigenvalue weighted by Gasteiger charge is 2.07. The van der Waals surface area contributed by atoms with E-state index in [1.807, 2.05) is 18.2 Å². The second-order valence-corrected chi connectivity index (χ2v) is 6.24. The Labute approximate surface area is 126 Å². The van der Waals surface area contributed by atoms with Gasteiger partial charge in [-0.1, -0.05) is 61.8 Å². The molecule has 0 aliphatic rings. The largest absolute Gasteiger partial charge is 0.327 e. The molecule has 0 aliphatic heterocycles. The highest BCUT2D eigenvalue weighted by molar-refractivity contribution is 6.30. The van der Waals surface area contributed by atoms with Crippen molar-refractivity contribution < 1.29 is 0 Å². The van der Waals surface area contributed by atoms with Gasteiger partial charge in [0.05, 0.1) is 0 Å². The lowest BCUT2D eigenvalue weighted by Gasteiger charge is -2.14. The lowest BCUT2D eigenvalue weighted by molar-refractivity contribution is 0.493. The van der Waals surface area contributed by atoms with Crippen molar-refractivity contribution in [2.45, 2.75) is 32.7 Å². The summed E-state index contributed by atoms with van der Waals surface area (Å²) in [6.45, 7) is 4.42. The summed E-state index contributed by atoms with van der Waals surface area (Å²) in [6.07, 6.45) is 2.00. The first-order valence-corrected chi connectivity index (χ1v) is 7.53. The second kappa shape index (κ2) is 6.92. The molecule has 0 aromatic heterocycles. The van der Waals surface area contributed by atoms with Crippen molar-refractivity contribution in [1.29, 1.82) is 0 Å². The molecule has 0 spiro atoms. The monoisotopic (exact) mass is 287 g/mol. The van der Waals surface area contributed by atoms with Crippen LogP contribution in [0.2, 0.25) is 5.02 Å². The number of nitrogens with two attached hydrogens (primary N) is 1. The number of hydrogen-bond donors (Lipinski definition) is 1. The van der Waals surface area contributed by atoms with Crippen molar-refractivity contribution in [1.82, 2.24) is 0 Å². The van der Waals surface area contributed by atoms with Gasteiger partial charge in [0.2, 0.25) is 0 Å². The smallest absolute Gasteiger partial charge is 0.0412 e. The molecule has 106 valence electrons. The zero-order valence-corrected chi connectivity index (χ0v) is 12.9. The molecule has 0 bridgehead atoms. The summed E-state index contributed by atoms with van der Waals surface area (Å²) in [4.78, 5) is 0. The van der Waals surface area contributed by atoms with E-state index in [0.717, 1.165) is 23.4 Å². The topological polar surface area (TPSA) is 26.0 Å². The zero-order chi connectivity index (χ0) is 14.5. The number of benzene rings is 2. The SMILES string of the molecule is CC(C)CC(N)Cc1ccc(-c2cccc(Cl)c2)cc1. The van der Waals surface area contributed by atoms with E-state index >= 15 is 0 Å². The number of rotatable bonds is 5. The molecule has 1 atom stereocenters. The van der Waals surface area contributed by atoms with Crippen molar-refractivity contribution in [2.24, 2.45) is 11.7 Å². The maximum atomic E-state index is 6.16. The maximum absolute atomic E-state index is 6.16. The third-order valence-electron chi connectivity index (χ3n) is 3.38. The molecule has 2 aromatic carbocycles. The Hall–Kier alpha value is -1.31. The van der Waals surface area contributed by atoms with E-state index in [1.54, 1.807) is 0 Å². The molecule has 0 heterocycles. The second-order valence-electron chi connectivity index (χ2n) is 5.80. The van der Waals surface area contributed by atoms with Gasteiger partial charge in [-0.15, -0.1) is 0 Å². The first-order chi connectivity index (χ1) is 9.54.